The van der Waals surface area contributed by atoms with Gasteiger partial charge in [-0.3, -0.25) is 0 Å². The molecule has 29 heavy (non-hydrogen) atoms. The van der Waals surface area contributed by atoms with E-state index in [4.69, 9.17) is 5.73 Å². The molecule has 3 N–H and O–H groups in total. The molecule has 1 unspecified atom stereocenters. The lowest BCUT2D eigenvalue weighted by molar-refractivity contribution is -0.212. The molecule has 1 aromatic heterocycles. The molecule has 0 saturated heterocycles. The van der Waals surface area contributed by atoms with Crippen LogP contribution >= 0.6 is 0 Å². The largest absolute Gasteiger partial charge is 0.452 e. The number of nitrogens with one attached hydrogen (secondary N) is 1. The zero-order valence-corrected chi connectivity index (χ0v) is 15.2. The molecular formula is C18H18F6N4O. The first-order valence-corrected chi connectivity index (χ1v) is 8.60. The molecular weight excluding hydrogens is 402 g/mol. The number of allylic oxidation sites excluding steroid dienone is 3. The van der Waals surface area contributed by atoms with E-state index in [-0.39, 0.29) is 17.9 Å². The SMILES string of the molecule is CC1([C@]2(CF)C[C@@H](C(F)(F)F)OC(N)=N2)CC(Nc2ncccc2F)=CC=C1F. The average molecular weight is 420 g/mol. The number of rotatable bonds is 4. The number of hydrogen-bond acceptors (Lipinski definition) is 5. The first kappa shape index (κ1) is 21.0. The van der Waals surface area contributed by atoms with Crippen molar-refractivity contribution in [3.05, 3.63) is 47.8 Å². The van der Waals surface area contributed by atoms with Crippen molar-refractivity contribution in [2.75, 3.05) is 12.0 Å². The molecule has 0 spiro atoms. The molecule has 0 aromatic carbocycles. The predicted molar refractivity (Wildman–Crippen MR) is 93.7 cm³/mol. The summed E-state index contributed by atoms with van der Waals surface area (Å²) in [4.78, 5) is 7.59. The number of hydrogen-bond donors (Lipinski definition) is 2. The van der Waals surface area contributed by atoms with Crippen molar-refractivity contribution in [1.29, 1.82) is 0 Å². The van der Waals surface area contributed by atoms with Gasteiger partial charge in [0.25, 0.3) is 6.02 Å². The summed E-state index contributed by atoms with van der Waals surface area (Å²) in [5, 5.41) is 2.67. The van der Waals surface area contributed by atoms with Crippen LogP contribution in [-0.4, -0.2) is 35.5 Å². The molecule has 2 aliphatic rings. The van der Waals surface area contributed by atoms with Crippen LogP contribution in [0, 0.1) is 11.2 Å². The Kier molecular flexibility index (Phi) is 5.26. The van der Waals surface area contributed by atoms with E-state index < -0.39 is 54.0 Å². The van der Waals surface area contributed by atoms with Crippen LogP contribution in [0.3, 0.4) is 0 Å². The highest BCUT2D eigenvalue weighted by Crippen LogP contribution is 2.53. The number of amidine groups is 1. The van der Waals surface area contributed by atoms with Crippen LogP contribution in [0.5, 0.6) is 0 Å². The summed E-state index contributed by atoms with van der Waals surface area (Å²) < 4.78 is 87.2. The van der Waals surface area contributed by atoms with Gasteiger partial charge in [-0.2, -0.15) is 13.2 Å². The Bertz CT molecular complexity index is 883. The van der Waals surface area contributed by atoms with Crippen molar-refractivity contribution < 1.29 is 31.1 Å². The van der Waals surface area contributed by atoms with Crippen LogP contribution in [-0.2, 0) is 4.74 Å². The van der Waals surface area contributed by atoms with Crippen molar-refractivity contribution >= 4 is 11.8 Å². The molecule has 0 radical (unpaired) electrons. The maximum Gasteiger partial charge on any atom is 0.425 e. The van der Waals surface area contributed by atoms with Gasteiger partial charge in [0.05, 0.1) is 5.41 Å². The van der Waals surface area contributed by atoms with Gasteiger partial charge in [-0.1, -0.05) is 6.92 Å². The molecule has 1 aliphatic carbocycles. The highest BCUT2D eigenvalue weighted by atomic mass is 19.4. The molecule has 11 heteroatoms. The van der Waals surface area contributed by atoms with E-state index >= 15 is 0 Å². The van der Waals surface area contributed by atoms with E-state index in [9.17, 15) is 26.3 Å². The van der Waals surface area contributed by atoms with E-state index in [1.165, 1.54) is 25.3 Å². The lowest BCUT2D eigenvalue weighted by Crippen LogP contribution is -2.57. The summed E-state index contributed by atoms with van der Waals surface area (Å²) in [6, 6.07) is 1.65. The smallest absolute Gasteiger partial charge is 0.425 e. The zero-order chi connectivity index (χ0) is 21.4. The lowest BCUT2D eigenvalue weighted by atomic mass is 9.63. The monoisotopic (exact) mass is 420 g/mol. The molecule has 1 aliphatic heterocycles. The fourth-order valence-corrected chi connectivity index (χ4v) is 3.52. The van der Waals surface area contributed by atoms with Gasteiger partial charge in [0, 0.05) is 24.7 Å². The fourth-order valence-electron chi connectivity index (χ4n) is 3.52. The lowest BCUT2D eigenvalue weighted by Gasteiger charge is -2.48. The maximum absolute atomic E-state index is 14.9. The van der Waals surface area contributed by atoms with Gasteiger partial charge < -0.3 is 15.8 Å². The summed E-state index contributed by atoms with van der Waals surface area (Å²) in [7, 11) is 0. The molecule has 0 fully saturated rings. The Morgan fingerprint density at radius 3 is 2.66 bits per heavy atom. The molecule has 5 nitrogen and oxygen atoms in total. The predicted octanol–water partition coefficient (Wildman–Crippen LogP) is 4.15. The maximum atomic E-state index is 14.9. The van der Waals surface area contributed by atoms with Crippen LogP contribution in [0.4, 0.5) is 32.2 Å². The number of alkyl halides is 4. The first-order chi connectivity index (χ1) is 13.5. The number of nitrogens with two attached hydrogens (primary N) is 1. The van der Waals surface area contributed by atoms with Crippen LogP contribution in [0.25, 0.3) is 0 Å². The second kappa shape index (κ2) is 7.27. The average Bonchev–Trinajstić information content (AvgIpc) is 2.65. The second-order valence-electron chi connectivity index (χ2n) is 7.14. The van der Waals surface area contributed by atoms with Crippen LogP contribution in [0.15, 0.2) is 47.0 Å². The van der Waals surface area contributed by atoms with E-state index in [1.807, 2.05) is 0 Å². The highest BCUT2D eigenvalue weighted by molar-refractivity contribution is 5.73. The molecule has 0 bridgehead atoms. The second-order valence-corrected chi connectivity index (χ2v) is 7.14. The Labute approximate surface area is 162 Å². The van der Waals surface area contributed by atoms with Crippen LogP contribution in [0.1, 0.15) is 19.8 Å². The van der Waals surface area contributed by atoms with Gasteiger partial charge in [0.1, 0.15) is 18.0 Å². The Morgan fingerprint density at radius 1 is 1.31 bits per heavy atom. The number of aliphatic imine (C=N–C) groups is 1. The topological polar surface area (TPSA) is 72.5 Å². The normalized spacial score (nSPS) is 30.0. The summed E-state index contributed by atoms with van der Waals surface area (Å²) >= 11 is 0. The van der Waals surface area contributed by atoms with Crippen molar-refractivity contribution in [2.45, 2.75) is 37.6 Å². The summed E-state index contributed by atoms with van der Waals surface area (Å²) in [6.45, 7) is -0.163. The zero-order valence-electron chi connectivity index (χ0n) is 15.2. The molecule has 0 saturated carbocycles. The van der Waals surface area contributed by atoms with E-state index in [0.29, 0.717) is 0 Å². The Balaban J connectivity index is 1.97. The van der Waals surface area contributed by atoms with Crippen LogP contribution < -0.4 is 11.1 Å². The summed E-state index contributed by atoms with van der Waals surface area (Å²) in [6.07, 6.45) is -4.95. The van der Waals surface area contributed by atoms with E-state index in [2.05, 4.69) is 20.0 Å². The molecule has 3 rings (SSSR count). The third kappa shape index (κ3) is 3.77. The van der Waals surface area contributed by atoms with Gasteiger partial charge in [0.2, 0.25) is 0 Å². The fraction of sp³-hybridized carbons (Fsp3) is 0.444. The number of nitrogens with zero attached hydrogens (tertiary/aromatic N) is 2. The van der Waals surface area contributed by atoms with Crippen molar-refractivity contribution in [3.63, 3.8) is 0 Å². The summed E-state index contributed by atoms with van der Waals surface area (Å²) in [5.74, 6) is -1.72. The number of aromatic nitrogens is 1. The van der Waals surface area contributed by atoms with Crippen molar-refractivity contribution in [3.8, 4) is 0 Å². The van der Waals surface area contributed by atoms with Gasteiger partial charge >= 0.3 is 6.18 Å². The standard InChI is InChI=1S/C18H18F6N4O/c1-16(17(9-19)8-13(18(22,23)24)29-15(25)28-17)7-10(4-5-12(16)21)27-14-11(20)3-2-6-26-14/h2-6,13H,7-9H2,1H3,(H2,25,28)(H,26,27)/t13-,16?,17+/m0/s1. The molecule has 0 amide bonds. The minimum Gasteiger partial charge on any atom is -0.452 e. The highest BCUT2D eigenvalue weighted by Gasteiger charge is 2.60. The molecule has 1 aromatic rings. The van der Waals surface area contributed by atoms with Gasteiger partial charge in [-0.05, 0) is 24.3 Å². The van der Waals surface area contributed by atoms with Crippen molar-refractivity contribution in [2.24, 2.45) is 16.1 Å². The van der Waals surface area contributed by atoms with Crippen molar-refractivity contribution in [1.82, 2.24) is 4.98 Å². The van der Waals surface area contributed by atoms with E-state index in [1.54, 1.807) is 0 Å². The molecule has 2 heterocycles. The Morgan fingerprint density at radius 2 is 2.03 bits per heavy atom. The first-order valence-electron chi connectivity index (χ1n) is 8.60. The van der Waals surface area contributed by atoms with Gasteiger partial charge in [-0.15, -0.1) is 0 Å². The number of halogens is 6. The number of pyridine rings is 1. The minimum atomic E-state index is -4.85. The number of ether oxygens (including phenoxy) is 1. The Hall–Kier alpha value is -2.72. The molecule has 158 valence electrons. The third-order valence-electron chi connectivity index (χ3n) is 5.26. The third-order valence-corrected chi connectivity index (χ3v) is 5.26. The number of anilines is 1. The van der Waals surface area contributed by atoms with Gasteiger partial charge in [0.15, 0.2) is 17.7 Å². The van der Waals surface area contributed by atoms with E-state index in [0.717, 1.165) is 12.1 Å². The van der Waals surface area contributed by atoms with Gasteiger partial charge in [-0.25, -0.2) is 23.1 Å². The minimum absolute atomic E-state index is 0.158. The molecule has 3 atom stereocenters. The summed E-state index contributed by atoms with van der Waals surface area (Å²) in [5.41, 5.74) is 1.62. The quantitative estimate of drug-likeness (QED) is 0.718. The van der Waals surface area contributed by atoms with Crippen LogP contribution in [0.2, 0.25) is 0 Å².